The first-order valence-corrected chi connectivity index (χ1v) is 9.14. The molecule has 1 saturated heterocycles. The van der Waals surface area contributed by atoms with Gasteiger partial charge < -0.3 is 14.7 Å². The molecule has 32 heavy (non-hydrogen) atoms. The third-order valence-corrected chi connectivity index (χ3v) is 5.04. The van der Waals surface area contributed by atoms with Crippen LogP contribution in [-0.4, -0.2) is 35.3 Å². The van der Waals surface area contributed by atoms with Gasteiger partial charge >= 0.3 is 18.4 Å². The lowest BCUT2D eigenvalue weighted by atomic mass is 9.96. The van der Waals surface area contributed by atoms with E-state index >= 15 is 0 Å². The maximum atomic E-state index is 13.2. The maximum Gasteiger partial charge on any atom is 0.416 e. The molecule has 1 heterocycles. The van der Waals surface area contributed by atoms with Gasteiger partial charge in [0.2, 0.25) is 0 Å². The van der Waals surface area contributed by atoms with Crippen LogP contribution in [0.25, 0.3) is 5.76 Å². The molecule has 1 amide bonds. The van der Waals surface area contributed by atoms with Crippen molar-refractivity contribution in [1.82, 2.24) is 4.90 Å². The summed E-state index contributed by atoms with van der Waals surface area (Å²) >= 11 is 0. The van der Waals surface area contributed by atoms with Crippen LogP contribution in [0.2, 0.25) is 0 Å². The third kappa shape index (κ3) is 5.14. The van der Waals surface area contributed by atoms with Crippen LogP contribution in [0.3, 0.4) is 0 Å². The van der Waals surface area contributed by atoms with Crippen LogP contribution in [0.15, 0.2) is 49.0 Å². The Balaban J connectivity index is 1.93. The van der Waals surface area contributed by atoms with Crippen molar-refractivity contribution in [3.05, 3.63) is 77.1 Å². The molecule has 0 spiro atoms. The maximum absolute atomic E-state index is 13.2. The van der Waals surface area contributed by atoms with E-state index in [-0.39, 0.29) is 19.2 Å². The van der Waals surface area contributed by atoms with E-state index in [1.54, 1.807) is 0 Å². The molecule has 172 valence electrons. The highest BCUT2D eigenvalue weighted by Crippen LogP contribution is 2.39. The van der Waals surface area contributed by atoms with Gasteiger partial charge in [-0.15, -0.1) is 0 Å². The van der Waals surface area contributed by atoms with Gasteiger partial charge in [-0.25, -0.2) is 9.18 Å². The number of nitrogens with zero attached hydrogens (tertiary/aromatic N) is 1. The largest absolute Gasteiger partial charge is 0.488 e. The van der Waals surface area contributed by atoms with E-state index in [2.05, 4.69) is 6.58 Å². The van der Waals surface area contributed by atoms with E-state index in [9.17, 15) is 40.6 Å². The number of carbonyl (C=O) groups is 1. The third-order valence-electron chi connectivity index (χ3n) is 5.04. The molecule has 2 aromatic rings. The van der Waals surface area contributed by atoms with Crippen molar-refractivity contribution in [3.8, 4) is 0 Å². The fourth-order valence-corrected chi connectivity index (χ4v) is 3.45. The van der Waals surface area contributed by atoms with Gasteiger partial charge in [0.05, 0.1) is 17.7 Å². The van der Waals surface area contributed by atoms with Crippen LogP contribution < -0.4 is 0 Å². The molecule has 1 N–H and O–H groups in total. The Morgan fingerprint density at radius 2 is 1.50 bits per heavy atom. The average Bonchev–Trinajstić information content (AvgIpc) is 3.11. The Morgan fingerprint density at radius 1 is 0.969 bits per heavy atom. The van der Waals surface area contributed by atoms with Gasteiger partial charge in [0.25, 0.3) is 0 Å². The second-order valence-corrected chi connectivity index (χ2v) is 7.22. The second-order valence-electron chi connectivity index (χ2n) is 7.22. The summed E-state index contributed by atoms with van der Waals surface area (Å²) in [7, 11) is 0. The second kappa shape index (κ2) is 8.36. The molecule has 1 aliphatic rings. The zero-order chi connectivity index (χ0) is 23.8. The van der Waals surface area contributed by atoms with E-state index in [1.807, 2.05) is 0 Å². The minimum Gasteiger partial charge on any atom is -0.488 e. The number of alkyl halides is 6. The van der Waals surface area contributed by atoms with Crippen LogP contribution in [0, 0.1) is 5.82 Å². The molecule has 2 atom stereocenters. The van der Waals surface area contributed by atoms with Crippen molar-refractivity contribution in [2.45, 2.75) is 24.4 Å². The predicted molar refractivity (Wildman–Crippen MR) is 99.1 cm³/mol. The minimum absolute atomic E-state index is 0.0141. The molecule has 4 nitrogen and oxygen atoms in total. The van der Waals surface area contributed by atoms with Crippen molar-refractivity contribution in [1.29, 1.82) is 0 Å². The number of hydrogen-bond donors (Lipinski definition) is 1. The average molecular weight is 463 g/mol. The Bertz CT molecular complexity index is 983. The highest BCUT2D eigenvalue weighted by molar-refractivity contribution is 5.66. The summed E-state index contributed by atoms with van der Waals surface area (Å²) in [4.78, 5) is 12.4. The van der Waals surface area contributed by atoms with E-state index in [4.69, 9.17) is 4.74 Å². The monoisotopic (exact) mass is 463 g/mol. The molecule has 2 aromatic carbocycles. The fraction of sp³-hybridized carbons (Fsp3) is 0.286. The lowest BCUT2D eigenvalue weighted by Crippen LogP contribution is -2.28. The molecule has 0 bridgehead atoms. The van der Waals surface area contributed by atoms with Gasteiger partial charge in [0, 0.05) is 18.0 Å². The van der Waals surface area contributed by atoms with Crippen LogP contribution in [0.4, 0.5) is 35.5 Å². The molecule has 3 rings (SSSR count). The lowest BCUT2D eigenvalue weighted by Gasteiger charge is -2.22. The van der Waals surface area contributed by atoms with Gasteiger partial charge in [0.15, 0.2) is 0 Å². The number of amides is 1. The normalized spacial score (nSPS) is 19.2. The van der Waals surface area contributed by atoms with Crippen LogP contribution in [0.1, 0.15) is 28.2 Å². The number of ether oxygens (including phenoxy) is 1. The van der Waals surface area contributed by atoms with E-state index < -0.39 is 58.7 Å². The summed E-state index contributed by atoms with van der Waals surface area (Å²) in [5, 5.41) is 9.28. The smallest absolute Gasteiger partial charge is 0.416 e. The summed E-state index contributed by atoms with van der Waals surface area (Å²) in [6.45, 7) is 3.20. The van der Waals surface area contributed by atoms with Crippen molar-refractivity contribution < 1.29 is 45.4 Å². The molecular weight excluding hydrogens is 447 g/mol. The molecule has 0 aliphatic carbocycles. The number of carboxylic acid groups (broad SMARTS) is 1. The fourth-order valence-electron chi connectivity index (χ4n) is 3.45. The number of halogens is 7. The SMILES string of the molecule is C=C(O[C@H]1CN(C(=O)O)C[C@H]1c1ccc(F)cc1)c1cc(C(F)(F)F)cc(C(F)(F)F)c1. The number of likely N-dealkylation sites (tertiary alicyclic amines) is 1. The summed E-state index contributed by atoms with van der Waals surface area (Å²) in [5.41, 5.74) is -3.10. The van der Waals surface area contributed by atoms with Crippen molar-refractivity contribution in [2.24, 2.45) is 0 Å². The first-order chi connectivity index (χ1) is 14.8. The molecule has 1 fully saturated rings. The first-order valence-electron chi connectivity index (χ1n) is 9.14. The van der Waals surface area contributed by atoms with Gasteiger partial charge in [-0.2, -0.15) is 26.3 Å². The van der Waals surface area contributed by atoms with Crippen LogP contribution >= 0.6 is 0 Å². The summed E-state index contributed by atoms with van der Waals surface area (Å²) in [6.07, 6.45) is -12.3. The number of benzene rings is 2. The Hall–Kier alpha value is -3.24. The quantitative estimate of drug-likeness (QED) is 0.447. The van der Waals surface area contributed by atoms with Gasteiger partial charge in [-0.05, 0) is 35.9 Å². The molecule has 1 aliphatic heterocycles. The minimum atomic E-state index is -5.04. The topological polar surface area (TPSA) is 49.8 Å². The van der Waals surface area contributed by atoms with E-state index in [1.165, 1.54) is 12.1 Å². The molecule has 0 saturated carbocycles. The summed E-state index contributed by atoms with van der Waals surface area (Å²) < 4.78 is 97.5. The standard InChI is InChI=1S/C21H16F7NO3/c1-11(13-6-14(20(23,24)25)8-15(7-13)21(26,27)28)32-18-10-29(19(30)31)9-17(18)12-2-4-16(22)5-3-12/h2-8,17-18H,1,9-10H2,(H,30,31)/t17-,18-/m0/s1. The van der Waals surface area contributed by atoms with Crippen LogP contribution in [-0.2, 0) is 17.1 Å². The molecule has 11 heteroatoms. The van der Waals surface area contributed by atoms with E-state index in [0.717, 1.165) is 17.0 Å². The Labute approximate surface area is 177 Å². The zero-order valence-electron chi connectivity index (χ0n) is 16.2. The van der Waals surface area contributed by atoms with Crippen LogP contribution in [0.5, 0.6) is 0 Å². The van der Waals surface area contributed by atoms with Gasteiger partial charge in [-0.3, -0.25) is 0 Å². The highest BCUT2D eigenvalue weighted by Gasteiger charge is 2.40. The Kier molecular flexibility index (Phi) is 6.12. The summed E-state index contributed by atoms with van der Waals surface area (Å²) in [5.74, 6) is -1.66. The van der Waals surface area contributed by atoms with Crippen molar-refractivity contribution in [2.75, 3.05) is 13.1 Å². The highest BCUT2D eigenvalue weighted by atomic mass is 19.4. The van der Waals surface area contributed by atoms with Gasteiger partial charge in [-0.1, -0.05) is 18.7 Å². The Morgan fingerprint density at radius 3 is 1.97 bits per heavy atom. The molecule has 0 unspecified atom stereocenters. The number of rotatable bonds is 4. The zero-order valence-corrected chi connectivity index (χ0v) is 16.2. The molecule has 0 aromatic heterocycles. The van der Waals surface area contributed by atoms with Crippen molar-refractivity contribution in [3.63, 3.8) is 0 Å². The van der Waals surface area contributed by atoms with Gasteiger partial charge in [0.1, 0.15) is 17.7 Å². The molecule has 0 radical (unpaired) electrons. The first kappa shape index (κ1) is 23.4. The number of hydrogen-bond acceptors (Lipinski definition) is 2. The van der Waals surface area contributed by atoms with Crippen molar-refractivity contribution >= 4 is 11.9 Å². The predicted octanol–water partition coefficient (Wildman–Crippen LogP) is 6.00. The van der Waals surface area contributed by atoms with E-state index in [0.29, 0.717) is 17.7 Å². The molecular formula is C21H16F7NO3. The lowest BCUT2D eigenvalue weighted by molar-refractivity contribution is -0.143. The summed E-state index contributed by atoms with van der Waals surface area (Å²) in [6, 6.07) is 6.04.